The van der Waals surface area contributed by atoms with E-state index >= 15 is 0 Å². The molecule has 0 fully saturated rings. The Bertz CT molecular complexity index is 1220. The summed E-state index contributed by atoms with van der Waals surface area (Å²) in [5.74, 6) is 2.06. The van der Waals surface area contributed by atoms with Crippen LogP contribution in [0, 0.1) is 6.92 Å². The van der Waals surface area contributed by atoms with Crippen molar-refractivity contribution >= 4 is 11.8 Å². The lowest BCUT2D eigenvalue weighted by Gasteiger charge is -2.13. The zero-order valence-electron chi connectivity index (χ0n) is 19.0. The zero-order valence-corrected chi connectivity index (χ0v) is 19.0. The van der Waals surface area contributed by atoms with Gasteiger partial charge in [-0.2, -0.15) is 0 Å². The van der Waals surface area contributed by atoms with Gasteiger partial charge in [0, 0.05) is 31.1 Å². The third-order valence-corrected chi connectivity index (χ3v) is 5.43. The second kappa shape index (κ2) is 11.1. The van der Waals surface area contributed by atoms with Crippen LogP contribution in [-0.2, 0) is 24.2 Å². The molecule has 0 atom stereocenters. The molecule has 2 aromatic heterocycles. The lowest BCUT2D eigenvalue weighted by Crippen LogP contribution is -2.08. The van der Waals surface area contributed by atoms with Crippen molar-refractivity contribution in [3.8, 4) is 17.2 Å². The fourth-order valence-corrected chi connectivity index (χ4v) is 3.62. The largest absolute Gasteiger partial charge is 0.493 e. The molecule has 2 heterocycles. The quantitative estimate of drug-likeness (QED) is 0.316. The number of carboxylic acids is 1. The second-order valence-corrected chi connectivity index (χ2v) is 7.88. The Labute approximate surface area is 198 Å². The number of anilines is 1. The molecule has 34 heavy (non-hydrogen) atoms. The molecule has 0 spiro atoms. The average Bonchev–Trinajstić information content (AvgIpc) is 3.23. The highest BCUT2D eigenvalue weighted by Gasteiger charge is 2.12. The van der Waals surface area contributed by atoms with E-state index in [0.29, 0.717) is 31.9 Å². The van der Waals surface area contributed by atoms with E-state index in [9.17, 15) is 4.79 Å². The summed E-state index contributed by atoms with van der Waals surface area (Å²) in [5, 5.41) is 12.4. The number of nitrogens with one attached hydrogen (secondary N) is 1. The minimum Gasteiger partial charge on any atom is -0.493 e. The Hall–Kier alpha value is -4.13. The van der Waals surface area contributed by atoms with Gasteiger partial charge in [-0.15, -0.1) is 0 Å². The molecule has 2 aromatic carbocycles. The summed E-state index contributed by atoms with van der Waals surface area (Å²) in [6, 6.07) is 21.2. The van der Waals surface area contributed by atoms with Gasteiger partial charge in [-0.1, -0.05) is 30.3 Å². The number of ether oxygens (including phenoxy) is 1. The third-order valence-electron chi connectivity index (χ3n) is 5.43. The summed E-state index contributed by atoms with van der Waals surface area (Å²) < 4.78 is 11.8. The number of hydrogen-bond donors (Lipinski definition) is 2. The van der Waals surface area contributed by atoms with Crippen LogP contribution in [0.3, 0.4) is 0 Å². The highest BCUT2D eigenvalue weighted by atomic mass is 16.5. The molecule has 0 unspecified atom stereocenters. The standard InChI is InChI=1S/C27H27N3O4/c1-19-24(30-27(34-19)21-7-3-2-4-8-21)14-16-33-23-12-10-20(11-13-26(31)32)22(17-23)18-29-25-9-5-6-15-28-25/h2-10,12,15,17H,11,13-14,16,18H2,1H3,(H,28,29)(H,31,32). The molecule has 0 radical (unpaired) electrons. The number of pyridine rings is 1. The fraction of sp³-hybridized carbons (Fsp3) is 0.222. The first kappa shape index (κ1) is 23.0. The summed E-state index contributed by atoms with van der Waals surface area (Å²) in [7, 11) is 0. The molecule has 0 aliphatic rings. The van der Waals surface area contributed by atoms with Gasteiger partial charge < -0.3 is 19.6 Å². The van der Waals surface area contributed by atoms with Crippen molar-refractivity contribution in [1.29, 1.82) is 0 Å². The Kier molecular flexibility index (Phi) is 7.55. The molecule has 174 valence electrons. The van der Waals surface area contributed by atoms with Gasteiger partial charge in [0.15, 0.2) is 0 Å². The number of oxazole rings is 1. The van der Waals surface area contributed by atoms with E-state index in [0.717, 1.165) is 39.7 Å². The van der Waals surface area contributed by atoms with Crippen molar-refractivity contribution < 1.29 is 19.1 Å². The van der Waals surface area contributed by atoms with Crippen LogP contribution < -0.4 is 10.1 Å². The summed E-state index contributed by atoms with van der Waals surface area (Å²) in [4.78, 5) is 20.0. The van der Waals surface area contributed by atoms with Gasteiger partial charge in [-0.3, -0.25) is 4.79 Å². The van der Waals surface area contributed by atoms with Gasteiger partial charge in [0.05, 0.1) is 12.3 Å². The van der Waals surface area contributed by atoms with E-state index in [1.807, 2.05) is 73.7 Å². The molecule has 0 aliphatic carbocycles. The summed E-state index contributed by atoms with van der Waals surface area (Å²) in [6.45, 7) is 2.88. The van der Waals surface area contributed by atoms with E-state index in [1.165, 1.54) is 0 Å². The summed E-state index contributed by atoms with van der Waals surface area (Å²) >= 11 is 0. The van der Waals surface area contributed by atoms with E-state index < -0.39 is 5.97 Å². The van der Waals surface area contributed by atoms with E-state index in [1.54, 1.807) is 6.20 Å². The predicted octanol–water partition coefficient (Wildman–Crippen LogP) is 5.30. The molecule has 2 N–H and O–H groups in total. The van der Waals surface area contributed by atoms with Crippen molar-refractivity contribution in [2.75, 3.05) is 11.9 Å². The monoisotopic (exact) mass is 457 g/mol. The predicted molar refractivity (Wildman–Crippen MR) is 130 cm³/mol. The summed E-state index contributed by atoms with van der Waals surface area (Å²) in [6.07, 6.45) is 2.87. The van der Waals surface area contributed by atoms with Gasteiger partial charge in [-0.25, -0.2) is 9.97 Å². The number of aromatic nitrogens is 2. The number of aliphatic carboxylic acids is 1. The molecule has 0 saturated carbocycles. The number of carbonyl (C=O) groups is 1. The van der Waals surface area contributed by atoms with Gasteiger partial charge >= 0.3 is 5.97 Å². The first-order chi connectivity index (χ1) is 16.6. The first-order valence-corrected chi connectivity index (χ1v) is 11.2. The lowest BCUT2D eigenvalue weighted by atomic mass is 10.0. The topological polar surface area (TPSA) is 97.5 Å². The van der Waals surface area contributed by atoms with Crippen LogP contribution >= 0.6 is 0 Å². The van der Waals surface area contributed by atoms with Crippen LogP contribution in [0.1, 0.15) is 29.0 Å². The van der Waals surface area contributed by atoms with Crippen LogP contribution in [-0.4, -0.2) is 27.7 Å². The maximum atomic E-state index is 11.1. The molecule has 7 heteroatoms. The minimum atomic E-state index is -0.818. The Morgan fingerprint density at radius 2 is 1.85 bits per heavy atom. The highest BCUT2D eigenvalue weighted by Crippen LogP contribution is 2.23. The normalized spacial score (nSPS) is 10.7. The summed E-state index contributed by atoms with van der Waals surface area (Å²) in [5.41, 5.74) is 3.76. The van der Waals surface area contributed by atoms with E-state index in [-0.39, 0.29) is 6.42 Å². The van der Waals surface area contributed by atoms with Crippen LogP contribution in [0.25, 0.3) is 11.5 Å². The molecule has 0 saturated heterocycles. The number of hydrogen-bond acceptors (Lipinski definition) is 6. The van der Waals surface area contributed by atoms with E-state index in [4.69, 9.17) is 14.3 Å². The number of benzene rings is 2. The van der Waals surface area contributed by atoms with Crippen molar-refractivity contribution in [2.45, 2.75) is 32.7 Å². The fourth-order valence-electron chi connectivity index (χ4n) is 3.62. The van der Waals surface area contributed by atoms with Crippen molar-refractivity contribution in [3.63, 3.8) is 0 Å². The SMILES string of the molecule is Cc1oc(-c2ccccc2)nc1CCOc1ccc(CCC(=O)O)c(CNc2ccccn2)c1. The first-order valence-electron chi connectivity index (χ1n) is 11.2. The molecule has 0 bridgehead atoms. The van der Waals surface area contributed by atoms with Crippen LogP contribution in [0.5, 0.6) is 5.75 Å². The Morgan fingerprint density at radius 1 is 1.03 bits per heavy atom. The Balaban J connectivity index is 1.41. The van der Waals surface area contributed by atoms with Crippen LogP contribution in [0.4, 0.5) is 5.82 Å². The van der Waals surface area contributed by atoms with Gasteiger partial charge in [0.2, 0.25) is 5.89 Å². The van der Waals surface area contributed by atoms with Crippen LogP contribution in [0.2, 0.25) is 0 Å². The molecular weight excluding hydrogens is 430 g/mol. The van der Waals surface area contributed by atoms with Gasteiger partial charge in [-0.05, 0) is 60.9 Å². The maximum absolute atomic E-state index is 11.1. The molecule has 0 aliphatic heterocycles. The Morgan fingerprint density at radius 3 is 2.62 bits per heavy atom. The average molecular weight is 458 g/mol. The zero-order chi connectivity index (χ0) is 23.8. The van der Waals surface area contributed by atoms with Crippen molar-refractivity contribution in [2.24, 2.45) is 0 Å². The van der Waals surface area contributed by atoms with Crippen molar-refractivity contribution in [1.82, 2.24) is 9.97 Å². The molecule has 4 aromatic rings. The molecule has 0 amide bonds. The third kappa shape index (κ3) is 6.22. The minimum absolute atomic E-state index is 0.0754. The molecule has 4 rings (SSSR count). The lowest BCUT2D eigenvalue weighted by molar-refractivity contribution is -0.136. The maximum Gasteiger partial charge on any atom is 0.303 e. The smallest absolute Gasteiger partial charge is 0.303 e. The van der Waals surface area contributed by atoms with Gasteiger partial charge in [0.1, 0.15) is 17.3 Å². The number of carboxylic acid groups (broad SMARTS) is 1. The van der Waals surface area contributed by atoms with Gasteiger partial charge in [0.25, 0.3) is 0 Å². The molecular formula is C27H27N3O4. The second-order valence-electron chi connectivity index (χ2n) is 7.88. The van der Waals surface area contributed by atoms with Crippen molar-refractivity contribution in [3.05, 3.63) is 95.5 Å². The van der Waals surface area contributed by atoms with E-state index in [2.05, 4.69) is 15.3 Å². The highest BCUT2D eigenvalue weighted by molar-refractivity contribution is 5.67. The number of aryl methyl sites for hydroxylation is 2. The number of nitrogens with zero attached hydrogens (tertiary/aromatic N) is 2. The van der Waals surface area contributed by atoms with Crippen LogP contribution in [0.15, 0.2) is 77.3 Å². The molecule has 7 nitrogen and oxygen atoms in total. The number of rotatable bonds is 11.